The maximum atomic E-state index is 13.2. The van der Waals surface area contributed by atoms with Gasteiger partial charge < -0.3 is 15.2 Å². The van der Waals surface area contributed by atoms with Gasteiger partial charge in [-0.3, -0.25) is 4.90 Å². The fourth-order valence-corrected chi connectivity index (χ4v) is 2.32. The van der Waals surface area contributed by atoms with Crippen LogP contribution in [-0.4, -0.2) is 51.5 Å². The molecule has 2 unspecified atom stereocenters. The largest absolute Gasteiger partial charge is 0.383 e. The minimum absolute atomic E-state index is 0.166. The Balaban J connectivity index is 2.54. The van der Waals surface area contributed by atoms with Gasteiger partial charge in [0.05, 0.1) is 13.2 Å². The molecule has 0 heterocycles. The monoisotopic (exact) mass is 298 g/mol. The number of ether oxygens (including phenoxy) is 2. The molecule has 0 aliphatic heterocycles. The van der Waals surface area contributed by atoms with Crippen molar-refractivity contribution in [1.29, 1.82) is 0 Å². The highest BCUT2D eigenvalue weighted by Crippen LogP contribution is 2.16. The van der Waals surface area contributed by atoms with Gasteiger partial charge >= 0.3 is 0 Å². The van der Waals surface area contributed by atoms with Crippen molar-refractivity contribution in [3.05, 3.63) is 35.6 Å². The number of halogens is 1. The average Bonchev–Trinajstić information content (AvgIpc) is 2.47. The lowest BCUT2D eigenvalue weighted by Crippen LogP contribution is -2.40. The minimum Gasteiger partial charge on any atom is -0.383 e. The third-order valence-corrected chi connectivity index (χ3v) is 3.62. The van der Waals surface area contributed by atoms with E-state index in [0.717, 1.165) is 25.1 Å². The lowest BCUT2D eigenvalue weighted by Gasteiger charge is -2.29. The fraction of sp³-hybridized carbons (Fsp3) is 0.625. The summed E-state index contributed by atoms with van der Waals surface area (Å²) in [6.45, 7) is 5.11. The number of methoxy groups -OCH3 is 2. The molecular weight excluding hydrogens is 271 g/mol. The number of hydrogen-bond acceptors (Lipinski definition) is 4. The molecule has 0 amide bonds. The maximum Gasteiger partial charge on any atom is 0.123 e. The van der Waals surface area contributed by atoms with Gasteiger partial charge in [0.15, 0.2) is 0 Å². The third-order valence-electron chi connectivity index (χ3n) is 3.62. The highest BCUT2D eigenvalue weighted by Gasteiger charge is 2.15. The average molecular weight is 298 g/mol. The molecule has 1 aromatic carbocycles. The first-order valence-electron chi connectivity index (χ1n) is 7.31. The van der Waals surface area contributed by atoms with Crippen LogP contribution < -0.4 is 5.73 Å². The van der Waals surface area contributed by atoms with Gasteiger partial charge in [0.2, 0.25) is 0 Å². The normalized spacial score (nSPS) is 14.4. The lowest BCUT2D eigenvalue weighted by atomic mass is 10.0. The van der Waals surface area contributed by atoms with Crippen LogP contribution in [-0.2, 0) is 9.47 Å². The first-order chi connectivity index (χ1) is 10.1. The Kier molecular flexibility index (Phi) is 8.45. The fourth-order valence-electron chi connectivity index (χ4n) is 2.32. The molecular formula is C16H27FN2O2. The van der Waals surface area contributed by atoms with Gasteiger partial charge in [-0.25, -0.2) is 4.39 Å². The molecule has 0 aliphatic rings. The van der Waals surface area contributed by atoms with E-state index in [1.54, 1.807) is 20.3 Å². The summed E-state index contributed by atoms with van der Waals surface area (Å²) in [6.07, 6.45) is 0.765. The highest BCUT2D eigenvalue weighted by atomic mass is 19.1. The summed E-state index contributed by atoms with van der Waals surface area (Å²) in [5.41, 5.74) is 6.99. The molecule has 0 fully saturated rings. The molecule has 21 heavy (non-hydrogen) atoms. The van der Waals surface area contributed by atoms with Crippen molar-refractivity contribution in [2.75, 3.05) is 40.5 Å². The van der Waals surface area contributed by atoms with Crippen LogP contribution in [0.15, 0.2) is 24.3 Å². The summed E-state index contributed by atoms with van der Waals surface area (Å²) in [6, 6.07) is 6.63. The molecule has 0 aromatic heterocycles. The zero-order valence-electron chi connectivity index (χ0n) is 13.2. The summed E-state index contributed by atoms with van der Waals surface area (Å²) in [7, 11) is 3.39. The van der Waals surface area contributed by atoms with Crippen LogP contribution in [0.4, 0.5) is 4.39 Å². The summed E-state index contributed by atoms with van der Waals surface area (Å²) < 4.78 is 23.6. The Morgan fingerprint density at radius 1 is 1.24 bits per heavy atom. The van der Waals surface area contributed by atoms with Crippen LogP contribution in [0.1, 0.15) is 24.9 Å². The minimum atomic E-state index is -0.244. The van der Waals surface area contributed by atoms with Crippen molar-refractivity contribution >= 4 is 0 Å². The van der Waals surface area contributed by atoms with Gasteiger partial charge in [-0.15, -0.1) is 0 Å². The zero-order valence-corrected chi connectivity index (χ0v) is 13.2. The van der Waals surface area contributed by atoms with Crippen LogP contribution in [0.3, 0.4) is 0 Å². The molecule has 0 saturated carbocycles. The molecule has 4 nitrogen and oxygen atoms in total. The van der Waals surface area contributed by atoms with Crippen LogP contribution in [0.25, 0.3) is 0 Å². The van der Waals surface area contributed by atoms with Crippen LogP contribution in [0, 0.1) is 5.82 Å². The molecule has 0 spiro atoms. The van der Waals surface area contributed by atoms with Crippen molar-refractivity contribution in [3.8, 4) is 0 Å². The number of rotatable bonds is 10. The lowest BCUT2D eigenvalue weighted by molar-refractivity contribution is 0.0732. The van der Waals surface area contributed by atoms with E-state index in [9.17, 15) is 4.39 Å². The molecule has 0 bridgehead atoms. The molecule has 2 atom stereocenters. The van der Waals surface area contributed by atoms with Gasteiger partial charge in [0, 0.05) is 39.4 Å². The summed E-state index contributed by atoms with van der Waals surface area (Å²) in [4.78, 5) is 2.28. The molecule has 2 N–H and O–H groups in total. The van der Waals surface area contributed by atoms with E-state index >= 15 is 0 Å². The molecule has 120 valence electrons. The van der Waals surface area contributed by atoms with E-state index in [1.165, 1.54) is 12.1 Å². The predicted octanol–water partition coefficient (Wildman–Crippen LogP) is 2.20. The Hall–Kier alpha value is -1.01. The van der Waals surface area contributed by atoms with Crippen LogP contribution in [0.5, 0.6) is 0 Å². The second-order valence-electron chi connectivity index (χ2n) is 5.28. The maximum absolute atomic E-state index is 13.2. The SMILES string of the molecule is COCCN(CCC(N)c1cccc(F)c1)C(C)COC. The summed E-state index contributed by atoms with van der Waals surface area (Å²) in [5.74, 6) is -0.244. The van der Waals surface area contributed by atoms with Crippen LogP contribution >= 0.6 is 0 Å². The van der Waals surface area contributed by atoms with E-state index in [1.807, 2.05) is 6.07 Å². The first-order valence-corrected chi connectivity index (χ1v) is 7.31. The van der Waals surface area contributed by atoms with E-state index in [4.69, 9.17) is 15.2 Å². The van der Waals surface area contributed by atoms with Crippen molar-refractivity contribution in [2.24, 2.45) is 5.73 Å². The Morgan fingerprint density at radius 2 is 2.00 bits per heavy atom. The van der Waals surface area contributed by atoms with Gasteiger partial charge in [0.25, 0.3) is 0 Å². The van der Waals surface area contributed by atoms with Gasteiger partial charge in [-0.1, -0.05) is 12.1 Å². The van der Waals surface area contributed by atoms with Gasteiger partial charge in [-0.05, 0) is 31.0 Å². The second kappa shape index (κ2) is 9.84. The Bertz CT molecular complexity index is 404. The van der Waals surface area contributed by atoms with E-state index < -0.39 is 0 Å². The number of benzene rings is 1. The molecule has 1 rings (SSSR count). The molecule has 0 aliphatic carbocycles. The zero-order chi connectivity index (χ0) is 15.7. The third kappa shape index (κ3) is 6.52. The number of hydrogen-bond donors (Lipinski definition) is 1. The first kappa shape index (κ1) is 18.0. The standard InChI is InChI=1S/C16H27FN2O2/c1-13(12-21-3)19(9-10-20-2)8-7-16(18)14-5-4-6-15(17)11-14/h4-6,11,13,16H,7-10,12,18H2,1-3H3. The van der Waals surface area contributed by atoms with E-state index in [2.05, 4.69) is 11.8 Å². The van der Waals surface area contributed by atoms with Gasteiger partial charge in [-0.2, -0.15) is 0 Å². The van der Waals surface area contributed by atoms with Crippen molar-refractivity contribution in [2.45, 2.75) is 25.4 Å². The molecule has 0 radical (unpaired) electrons. The number of nitrogens with zero attached hydrogens (tertiary/aromatic N) is 1. The van der Waals surface area contributed by atoms with Crippen molar-refractivity contribution in [3.63, 3.8) is 0 Å². The van der Waals surface area contributed by atoms with Gasteiger partial charge in [0.1, 0.15) is 5.82 Å². The summed E-state index contributed by atoms with van der Waals surface area (Å²) in [5, 5.41) is 0. The second-order valence-corrected chi connectivity index (χ2v) is 5.28. The summed E-state index contributed by atoms with van der Waals surface area (Å²) >= 11 is 0. The molecule has 1 aromatic rings. The van der Waals surface area contributed by atoms with Crippen molar-refractivity contribution < 1.29 is 13.9 Å². The Morgan fingerprint density at radius 3 is 2.62 bits per heavy atom. The van der Waals surface area contributed by atoms with Crippen molar-refractivity contribution in [1.82, 2.24) is 4.90 Å². The predicted molar refractivity (Wildman–Crippen MR) is 82.7 cm³/mol. The highest BCUT2D eigenvalue weighted by molar-refractivity contribution is 5.19. The van der Waals surface area contributed by atoms with Crippen LogP contribution in [0.2, 0.25) is 0 Å². The molecule has 5 heteroatoms. The number of nitrogens with two attached hydrogens (primary N) is 1. The quantitative estimate of drug-likeness (QED) is 0.719. The smallest absolute Gasteiger partial charge is 0.123 e. The molecule has 0 saturated heterocycles. The van der Waals surface area contributed by atoms with E-state index in [-0.39, 0.29) is 11.9 Å². The Labute approximate surface area is 127 Å². The topological polar surface area (TPSA) is 47.7 Å². The van der Waals surface area contributed by atoms with E-state index in [0.29, 0.717) is 19.3 Å².